The number of aldehydes is 1. The van der Waals surface area contributed by atoms with Crippen LogP contribution in [0.25, 0.3) is 0 Å². The molecular formula is C9H12N2OS. The van der Waals surface area contributed by atoms with E-state index in [1.54, 1.807) is 0 Å². The number of rotatable bonds is 4. The van der Waals surface area contributed by atoms with Crippen molar-refractivity contribution in [1.29, 1.82) is 0 Å². The van der Waals surface area contributed by atoms with Gasteiger partial charge in [0.05, 0.1) is 0 Å². The number of hydrogen-bond donors (Lipinski definition) is 0. The van der Waals surface area contributed by atoms with Crippen molar-refractivity contribution in [2.45, 2.75) is 25.4 Å². The van der Waals surface area contributed by atoms with E-state index in [1.807, 2.05) is 19.9 Å². The molecule has 1 heterocycles. The Morgan fingerprint density at radius 3 is 2.54 bits per heavy atom. The quantitative estimate of drug-likeness (QED) is 0.318. The molecule has 0 aromatic carbocycles. The van der Waals surface area contributed by atoms with Crippen LogP contribution in [0.2, 0.25) is 0 Å². The summed E-state index contributed by atoms with van der Waals surface area (Å²) in [6.07, 6.45) is 1.47. The van der Waals surface area contributed by atoms with Crippen LogP contribution in [-0.4, -0.2) is 22.0 Å². The van der Waals surface area contributed by atoms with Crippen LogP contribution in [0.3, 0.4) is 0 Å². The summed E-state index contributed by atoms with van der Waals surface area (Å²) in [5.74, 6) is 0.756. The molecule has 1 rings (SSSR count). The van der Waals surface area contributed by atoms with Crippen molar-refractivity contribution in [1.82, 2.24) is 9.97 Å². The fraction of sp³-hybridized carbons (Fsp3) is 0.444. The molecule has 0 N–H and O–H groups in total. The van der Waals surface area contributed by atoms with Crippen LogP contribution in [-0.2, 0) is 4.79 Å². The van der Waals surface area contributed by atoms with Crippen LogP contribution < -0.4 is 0 Å². The minimum atomic E-state index is 0.557. The van der Waals surface area contributed by atoms with Gasteiger partial charge >= 0.3 is 0 Å². The molecule has 0 saturated carbocycles. The number of nitrogens with zero attached hydrogens (tertiary/aromatic N) is 2. The smallest absolute Gasteiger partial charge is 0.187 e. The van der Waals surface area contributed by atoms with E-state index in [0.717, 1.165) is 28.6 Å². The topological polar surface area (TPSA) is 42.9 Å². The first-order valence-corrected chi connectivity index (χ1v) is 5.09. The Kier molecular flexibility index (Phi) is 3.89. The molecule has 0 fully saturated rings. The normalized spacial score (nSPS) is 10.0. The molecular weight excluding hydrogens is 184 g/mol. The number of aryl methyl sites for hydroxylation is 2. The number of carbonyl (C=O) groups excluding carboxylic acids is 1. The molecule has 1 aromatic rings. The van der Waals surface area contributed by atoms with Gasteiger partial charge in [0, 0.05) is 23.6 Å². The first-order chi connectivity index (χ1) is 6.22. The van der Waals surface area contributed by atoms with E-state index >= 15 is 0 Å². The molecule has 3 nitrogen and oxygen atoms in total. The fourth-order valence-electron chi connectivity index (χ4n) is 0.956. The van der Waals surface area contributed by atoms with E-state index in [-0.39, 0.29) is 0 Å². The van der Waals surface area contributed by atoms with Gasteiger partial charge in [0.25, 0.3) is 0 Å². The van der Waals surface area contributed by atoms with Gasteiger partial charge in [-0.2, -0.15) is 0 Å². The van der Waals surface area contributed by atoms with Crippen molar-refractivity contribution in [2.24, 2.45) is 0 Å². The number of hydrogen-bond acceptors (Lipinski definition) is 4. The summed E-state index contributed by atoms with van der Waals surface area (Å²) in [4.78, 5) is 18.6. The predicted octanol–water partition coefficient (Wildman–Crippen LogP) is 1.77. The summed E-state index contributed by atoms with van der Waals surface area (Å²) in [5.41, 5.74) is 1.95. The molecule has 0 radical (unpaired) electrons. The van der Waals surface area contributed by atoms with Gasteiger partial charge in [-0.05, 0) is 19.9 Å². The molecule has 0 saturated heterocycles. The molecule has 0 atom stereocenters. The minimum absolute atomic E-state index is 0.557. The highest BCUT2D eigenvalue weighted by Crippen LogP contribution is 2.14. The zero-order valence-corrected chi connectivity index (χ0v) is 8.60. The lowest BCUT2D eigenvalue weighted by molar-refractivity contribution is -0.107. The highest BCUT2D eigenvalue weighted by Gasteiger charge is 1.99. The summed E-state index contributed by atoms with van der Waals surface area (Å²) < 4.78 is 0. The van der Waals surface area contributed by atoms with E-state index in [0.29, 0.717) is 6.42 Å². The second-order valence-corrected chi connectivity index (χ2v) is 3.80. The molecule has 0 spiro atoms. The van der Waals surface area contributed by atoms with Crippen molar-refractivity contribution in [3.63, 3.8) is 0 Å². The van der Waals surface area contributed by atoms with Gasteiger partial charge in [-0.25, -0.2) is 9.97 Å². The van der Waals surface area contributed by atoms with Crippen molar-refractivity contribution in [2.75, 3.05) is 5.75 Å². The third-order valence-corrected chi connectivity index (χ3v) is 2.31. The van der Waals surface area contributed by atoms with Crippen molar-refractivity contribution in [3.8, 4) is 0 Å². The van der Waals surface area contributed by atoms with Gasteiger partial charge in [0.1, 0.15) is 6.29 Å². The van der Waals surface area contributed by atoms with Crippen molar-refractivity contribution >= 4 is 18.0 Å². The molecule has 0 aliphatic rings. The van der Waals surface area contributed by atoms with Crippen LogP contribution in [0.15, 0.2) is 11.2 Å². The Balaban J connectivity index is 2.60. The maximum atomic E-state index is 10.1. The molecule has 0 unspecified atom stereocenters. The summed E-state index contributed by atoms with van der Waals surface area (Å²) in [7, 11) is 0. The third-order valence-electron chi connectivity index (χ3n) is 1.43. The lowest BCUT2D eigenvalue weighted by atomic mass is 10.4. The highest BCUT2D eigenvalue weighted by molar-refractivity contribution is 7.99. The number of carbonyl (C=O) groups is 1. The summed E-state index contributed by atoms with van der Waals surface area (Å²) in [6, 6.07) is 1.93. The van der Waals surface area contributed by atoms with Crippen LogP contribution in [0, 0.1) is 13.8 Å². The molecule has 70 valence electrons. The second kappa shape index (κ2) is 4.97. The Labute approximate surface area is 82.0 Å². The van der Waals surface area contributed by atoms with Crippen LogP contribution in [0.5, 0.6) is 0 Å². The standard InChI is InChI=1S/C9H12N2OS/c1-7-6-8(2)11-9(10-7)13-5-3-4-12/h4,6H,3,5H2,1-2H3. The Hall–Kier alpha value is -0.900. The minimum Gasteiger partial charge on any atom is -0.303 e. The van der Waals surface area contributed by atoms with E-state index in [2.05, 4.69) is 9.97 Å². The zero-order valence-electron chi connectivity index (χ0n) is 7.78. The Morgan fingerprint density at radius 2 is 2.00 bits per heavy atom. The second-order valence-electron chi connectivity index (χ2n) is 2.74. The molecule has 0 bridgehead atoms. The van der Waals surface area contributed by atoms with E-state index in [1.165, 1.54) is 11.8 Å². The summed E-state index contributed by atoms with van der Waals surface area (Å²) in [6.45, 7) is 3.89. The third kappa shape index (κ3) is 3.55. The summed E-state index contributed by atoms with van der Waals surface area (Å²) >= 11 is 1.52. The average Bonchev–Trinajstić information content (AvgIpc) is 2.03. The van der Waals surface area contributed by atoms with Crippen molar-refractivity contribution in [3.05, 3.63) is 17.5 Å². The monoisotopic (exact) mass is 196 g/mol. The summed E-state index contributed by atoms with van der Waals surface area (Å²) in [5, 5.41) is 0.763. The number of aromatic nitrogens is 2. The van der Waals surface area contributed by atoms with Gasteiger partial charge in [-0.1, -0.05) is 11.8 Å². The maximum absolute atomic E-state index is 10.1. The van der Waals surface area contributed by atoms with Crippen molar-refractivity contribution < 1.29 is 4.79 Å². The van der Waals surface area contributed by atoms with Gasteiger partial charge < -0.3 is 4.79 Å². The van der Waals surface area contributed by atoms with E-state index < -0.39 is 0 Å². The first-order valence-electron chi connectivity index (χ1n) is 4.11. The van der Waals surface area contributed by atoms with Gasteiger partial charge in [-0.3, -0.25) is 0 Å². The van der Waals surface area contributed by atoms with Gasteiger partial charge in [0.15, 0.2) is 5.16 Å². The lowest BCUT2D eigenvalue weighted by Gasteiger charge is -2.00. The molecule has 0 aliphatic carbocycles. The van der Waals surface area contributed by atoms with Gasteiger partial charge in [0.2, 0.25) is 0 Å². The highest BCUT2D eigenvalue weighted by atomic mass is 32.2. The van der Waals surface area contributed by atoms with Crippen LogP contribution in [0.1, 0.15) is 17.8 Å². The molecule has 0 amide bonds. The zero-order chi connectivity index (χ0) is 9.68. The number of thioether (sulfide) groups is 1. The molecule has 1 aromatic heterocycles. The van der Waals surface area contributed by atoms with E-state index in [9.17, 15) is 4.79 Å². The van der Waals surface area contributed by atoms with Crippen LogP contribution in [0.4, 0.5) is 0 Å². The van der Waals surface area contributed by atoms with Crippen LogP contribution >= 0.6 is 11.8 Å². The molecule has 13 heavy (non-hydrogen) atoms. The Morgan fingerprint density at radius 1 is 1.38 bits per heavy atom. The predicted molar refractivity (Wildman–Crippen MR) is 52.9 cm³/mol. The maximum Gasteiger partial charge on any atom is 0.187 e. The largest absolute Gasteiger partial charge is 0.303 e. The van der Waals surface area contributed by atoms with Gasteiger partial charge in [-0.15, -0.1) is 0 Å². The lowest BCUT2D eigenvalue weighted by Crippen LogP contribution is -1.93. The SMILES string of the molecule is Cc1cc(C)nc(SCCC=O)n1. The Bertz CT molecular complexity index is 281. The molecule has 0 aliphatic heterocycles. The molecule has 4 heteroatoms. The average molecular weight is 196 g/mol. The fourth-order valence-corrected chi connectivity index (χ4v) is 1.77. The van der Waals surface area contributed by atoms with E-state index in [4.69, 9.17) is 0 Å². The first kappa shape index (κ1) is 10.2.